The minimum absolute atomic E-state index is 0.364. The molecule has 0 bridgehead atoms. The minimum Gasteiger partial charge on any atom is -0.359 e. The molecular formula is C6H10BrIO2. The molecule has 0 aromatic carbocycles. The highest BCUT2D eigenvalue weighted by Crippen LogP contribution is 2.07. The molecule has 0 aromatic rings. The van der Waals surface area contributed by atoms with Gasteiger partial charge in [-0.25, -0.2) is 0 Å². The molecule has 0 atom stereocenters. The van der Waals surface area contributed by atoms with Crippen molar-refractivity contribution in [1.29, 1.82) is 0 Å². The highest BCUT2D eigenvalue weighted by Gasteiger charge is 1.85. The van der Waals surface area contributed by atoms with Gasteiger partial charge in [-0.1, -0.05) is 15.9 Å². The van der Waals surface area contributed by atoms with Gasteiger partial charge in [-0.3, -0.25) is 0 Å². The number of halogens is 2. The van der Waals surface area contributed by atoms with Gasteiger partial charge in [-0.05, 0) is 32.2 Å². The van der Waals surface area contributed by atoms with E-state index in [1.165, 1.54) is 3.58 Å². The van der Waals surface area contributed by atoms with Gasteiger partial charge in [0.05, 0.1) is 6.61 Å². The summed E-state index contributed by atoms with van der Waals surface area (Å²) in [4.78, 5) is 0. The predicted molar refractivity (Wildman–Crippen MR) is 53.7 cm³/mol. The van der Waals surface area contributed by atoms with Crippen molar-refractivity contribution < 1.29 is 9.47 Å². The van der Waals surface area contributed by atoms with Crippen molar-refractivity contribution in [3.63, 3.8) is 0 Å². The number of allylic oxidation sites excluding steroid dienone is 1. The molecular weight excluding hydrogens is 311 g/mol. The van der Waals surface area contributed by atoms with Crippen molar-refractivity contribution >= 4 is 38.5 Å². The van der Waals surface area contributed by atoms with Crippen LogP contribution in [-0.4, -0.2) is 25.8 Å². The monoisotopic (exact) mass is 320 g/mol. The van der Waals surface area contributed by atoms with Crippen LogP contribution in [0.2, 0.25) is 0 Å². The third-order valence-electron chi connectivity index (χ3n) is 0.752. The lowest BCUT2D eigenvalue weighted by Crippen LogP contribution is -1.95. The highest BCUT2D eigenvalue weighted by atomic mass is 127. The number of methoxy groups -OCH3 is 1. The summed E-state index contributed by atoms with van der Waals surface area (Å²) in [6, 6.07) is 0. The van der Waals surface area contributed by atoms with E-state index in [9.17, 15) is 0 Å². The number of hydrogen-bond donors (Lipinski definition) is 0. The lowest BCUT2D eigenvalue weighted by molar-refractivity contribution is -0.0186. The van der Waals surface area contributed by atoms with Gasteiger partial charge in [0.2, 0.25) is 0 Å². The molecule has 0 radical (unpaired) electrons. The quantitative estimate of drug-likeness (QED) is 0.335. The van der Waals surface area contributed by atoms with Crippen LogP contribution in [0.1, 0.15) is 0 Å². The zero-order valence-electron chi connectivity index (χ0n) is 5.77. The zero-order valence-corrected chi connectivity index (χ0v) is 9.51. The Hall–Kier alpha value is 0.870. The van der Waals surface area contributed by atoms with E-state index >= 15 is 0 Å². The van der Waals surface area contributed by atoms with Crippen LogP contribution >= 0.6 is 38.5 Å². The van der Waals surface area contributed by atoms with Crippen LogP contribution in [0.5, 0.6) is 0 Å². The van der Waals surface area contributed by atoms with Crippen LogP contribution in [-0.2, 0) is 9.47 Å². The average Bonchev–Trinajstić information content (AvgIpc) is 1.98. The molecule has 0 aliphatic heterocycles. The molecule has 2 nitrogen and oxygen atoms in total. The van der Waals surface area contributed by atoms with Gasteiger partial charge >= 0.3 is 0 Å². The molecule has 4 heteroatoms. The van der Waals surface area contributed by atoms with Crippen LogP contribution in [0, 0.1) is 0 Å². The van der Waals surface area contributed by atoms with Crippen molar-refractivity contribution in [2.45, 2.75) is 0 Å². The molecule has 0 N–H and O–H groups in total. The maximum absolute atomic E-state index is 5.03. The Labute approximate surface area is 83.2 Å². The summed E-state index contributed by atoms with van der Waals surface area (Å²) >= 11 is 5.57. The van der Waals surface area contributed by atoms with Gasteiger partial charge in [0.1, 0.15) is 6.79 Å². The van der Waals surface area contributed by atoms with Gasteiger partial charge in [-0.15, -0.1) is 0 Å². The van der Waals surface area contributed by atoms with E-state index in [1.54, 1.807) is 7.11 Å². The first-order chi connectivity index (χ1) is 4.81. The molecule has 0 heterocycles. The van der Waals surface area contributed by atoms with Gasteiger partial charge in [0, 0.05) is 12.4 Å². The van der Waals surface area contributed by atoms with Crippen molar-refractivity contribution in [2.24, 2.45) is 0 Å². The van der Waals surface area contributed by atoms with Crippen LogP contribution in [0.15, 0.2) is 9.66 Å². The maximum Gasteiger partial charge on any atom is 0.146 e. The maximum atomic E-state index is 5.03. The largest absolute Gasteiger partial charge is 0.359 e. The Morgan fingerprint density at radius 1 is 1.70 bits per heavy atom. The first kappa shape index (κ1) is 10.9. The van der Waals surface area contributed by atoms with Gasteiger partial charge in [0.25, 0.3) is 0 Å². The molecule has 0 saturated carbocycles. The van der Waals surface area contributed by atoms with E-state index < -0.39 is 0 Å². The van der Waals surface area contributed by atoms with E-state index in [2.05, 4.69) is 38.5 Å². The molecule has 0 unspecified atom stereocenters. The van der Waals surface area contributed by atoms with Crippen molar-refractivity contribution in [1.82, 2.24) is 0 Å². The fourth-order valence-electron chi connectivity index (χ4n) is 0.335. The van der Waals surface area contributed by atoms with Gasteiger partial charge < -0.3 is 9.47 Å². The summed E-state index contributed by atoms with van der Waals surface area (Å²) in [5.74, 6) is 0. The fourth-order valence-corrected chi connectivity index (χ4v) is 0.744. The van der Waals surface area contributed by atoms with E-state index in [0.717, 1.165) is 5.33 Å². The number of hydrogen-bond acceptors (Lipinski definition) is 2. The molecule has 0 fully saturated rings. The normalized spacial score (nSPS) is 12.1. The van der Waals surface area contributed by atoms with Gasteiger partial charge in [0.15, 0.2) is 0 Å². The molecule has 60 valence electrons. The second kappa shape index (κ2) is 7.97. The number of ether oxygens (including phenoxy) is 2. The molecule has 10 heavy (non-hydrogen) atoms. The zero-order chi connectivity index (χ0) is 7.82. The number of alkyl halides is 1. The lowest BCUT2D eigenvalue weighted by Gasteiger charge is -1.97. The SMILES string of the molecule is COCOC/C=C(\I)CBr. The van der Waals surface area contributed by atoms with E-state index in [1.807, 2.05) is 6.08 Å². The fraction of sp³-hybridized carbons (Fsp3) is 0.667. The average molecular weight is 321 g/mol. The predicted octanol–water partition coefficient (Wildman–Crippen LogP) is 2.32. The van der Waals surface area contributed by atoms with Crippen molar-refractivity contribution in [3.8, 4) is 0 Å². The van der Waals surface area contributed by atoms with E-state index in [-0.39, 0.29) is 0 Å². The summed E-state index contributed by atoms with van der Waals surface area (Å²) in [6.45, 7) is 0.987. The molecule has 0 spiro atoms. The van der Waals surface area contributed by atoms with E-state index in [0.29, 0.717) is 13.4 Å². The standard InChI is InChI=1S/C6H10BrIO2/c1-9-5-10-3-2-6(8)4-7/h2H,3-5H2,1H3/b6-2-. The Morgan fingerprint density at radius 2 is 2.40 bits per heavy atom. The third kappa shape index (κ3) is 6.98. The van der Waals surface area contributed by atoms with Crippen LogP contribution in [0.25, 0.3) is 0 Å². The smallest absolute Gasteiger partial charge is 0.146 e. The Kier molecular flexibility index (Phi) is 8.66. The summed E-state index contributed by atoms with van der Waals surface area (Å²) in [5.41, 5.74) is 0. The van der Waals surface area contributed by atoms with Crippen LogP contribution < -0.4 is 0 Å². The second-order valence-electron chi connectivity index (χ2n) is 1.56. The first-order valence-corrected chi connectivity index (χ1v) is 4.98. The molecule has 0 amide bonds. The molecule has 0 aliphatic carbocycles. The number of rotatable bonds is 5. The van der Waals surface area contributed by atoms with Crippen LogP contribution in [0.4, 0.5) is 0 Å². The van der Waals surface area contributed by atoms with Crippen molar-refractivity contribution in [3.05, 3.63) is 9.66 Å². The lowest BCUT2D eigenvalue weighted by atomic mass is 10.6. The van der Waals surface area contributed by atoms with E-state index in [4.69, 9.17) is 9.47 Å². The Bertz CT molecular complexity index is 106. The first-order valence-electron chi connectivity index (χ1n) is 2.78. The third-order valence-corrected chi connectivity index (χ3v) is 3.23. The second-order valence-corrected chi connectivity index (χ2v) is 3.51. The Balaban J connectivity index is 3.16. The summed E-state index contributed by atoms with van der Waals surface area (Å²) in [7, 11) is 1.61. The molecule has 0 saturated heterocycles. The molecule has 0 aromatic heterocycles. The van der Waals surface area contributed by atoms with Crippen LogP contribution in [0.3, 0.4) is 0 Å². The van der Waals surface area contributed by atoms with Gasteiger partial charge in [-0.2, -0.15) is 0 Å². The van der Waals surface area contributed by atoms with Crippen molar-refractivity contribution in [2.75, 3.05) is 25.8 Å². The summed E-state index contributed by atoms with van der Waals surface area (Å²) in [5, 5.41) is 0.893. The summed E-state index contributed by atoms with van der Waals surface area (Å²) in [6.07, 6.45) is 2.01. The molecule has 0 aliphatic rings. The Morgan fingerprint density at radius 3 is 2.90 bits per heavy atom. The minimum atomic E-state index is 0.364. The highest BCUT2D eigenvalue weighted by molar-refractivity contribution is 14.1. The summed E-state index contributed by atoms with van der Waals surface area (Å²) < 4.78 is 11.0. The molecule has 0 rings (SSSR count). The topological polar surface area (TPSA) is 18.5 Å².